The molecule has 1 unspecified atom stereocenters. The van der Waals surface area contributed by atoms with E-state index in [2.05, 4.69) is 34.3 Å². The standard InChI is InChI=1S/C18H19ClN4O/c1-13-12-23(6-7-24-13)18-5-2-14(11-22-18)10-21-17-4-3-16(19)8-15(17)9-20/h2-5,8,11,13,21H,6-7,10,12H2,1H3. The van der Waals surface area contributed by atoms with Gasteiger partial charge >= 0.3 is 0 Å². The Morgan fingerprint density at radius 2 is 2.29 bits per heavy atom. The van der Waals surface area contributed by atoms with E-state index in [1.807, 2.05) is 18.3 Å². The number of hydrogen-bond donors (Lipinski definition) is 1. The van der Waals surface area contributed by atoms with Crippen LogP contribution in [0.1, 0.15) is 18.1 Å². The zero-order valence-corrected chi connectivity index (χ0v) is 14.3. The number of halogens is 1. The van der Waals surface area contributed by atoms with Crippen molar-refractivity contribution in [3.8, 4) is 6.07 Å². The molecule has 0 spiro atoms. The highest BCUT2D eigenvalue weighted by atomic mass is 35.5. The second kappa shape index (κ2) is 7.52. The molecule has 1 aliphatic heterocycles. The Kier molecular flexibility index (Phi) is 5.19. The molecule has 2 aromatic rings. The van der Waals surface area contributed by atoms with Crippen LogP contribution in [0.5, 0.6) is 0 Å². The van der Waals surface area contributed by atoms with Crippen molar-refractivity contribution in [1.82, 2.24) is 4.98 Å². The molecule has 1 aromatic carbocycles. The van der Waals surface area contributed by atoms with E-state index in [1.54, 1.807) is 12.1 Å². The zero-order chi connectivity index (χ0) is 16.9. The number of nitriles is 1. The molecular formula is C18H19ClN4O. The Bertz CT molecular complexity index is 742. The monoisotopic (exact) mass is 342 g/mol. The summed E-state index contributed by atoms with van der Waals surface area (Å²) < 4.78 is 5.56. The van der Waals surface area contributed by atoms with Crippen LogP contribution >= 0.6 is 11.6 Å². The van der Waals surface area contributed by atoms with E-state index >= 15 is 0 Å². The number of benzene rings is 1. The first kappa shape index (κ1) is 16.6. The SMILES string of the molecule is CC1CN(c2ccc(CNc3ccc(Cl)cc3C#N)cn2)CCO1. The molecule has 2 heterocycles. The molecule has 1 atom stereocenters. The first-order chi connectivity index (χ1) is 11.7. The molecule has 0 aliphatic carbocycles. The van der Waals surface area contributed by atoms with Gasteiger partial charge in [-0.15, -0.1) is 0 Å². The van der Waals surface area contributed by atoms with Crippen LogP contribution in [0.4, 0.5) is 11.5 Å². The molecule has 6 heteroatoms. The van der Waals surface area contributed by atoms with Gasteiger partial charge in [0.1, 0.15) is 11.9 Å². The molecule has 0 radical (unpaired) electrons. The number of hydrogen-bond acceptors (Lipinski definition) is 5. The molecule has 24 heavy (non-hydrogen) atoms. The van der Waals surface area contributed by atoms with Crippen LogP contribution in [0.25, 0.3) is 0 Å². The van der Waals surface area contributed by atoms with E-state index in [0.29, 0.717) is 17.1 Å². The molecule has 124 valence electrons. The average Bonchev–Trinajstić information content (AvgIpc) is 2.61. The number of nitrogens with zero attached hydrogens (tertiary/aromatic N) is 3. The lowest BCUT2D eigenvalue weighted by Crippen LogP contribution is -2.41. The molecule has 0 bridgehead atoms. The first-order valence-electron chi connectivity index (χ1n) is 7.90. The van der Waals surface area contributed by atoms with Gasteiger partial charge in [0.15, 0.2) is 0 Å². The van der Waals surface area contributed by atoms with Gasteiger partial charge in [-0.1, -0.05) is 17.7 Å². The number of pyridine rings is 1. The number of rotatable bonds is 4. The van der Waals surface area contributed by atoms with Gasteiger partial charge in [-0.05, 0) is 36.8 Å². The predicted octanol–water partition coefficient (Wildman–Crippen LogP) is 3.44. The zero-order valence-electron chi connectivity index (χ0n) is 13.5. The van der Waals surface area contributed by atoms with Crippen LogP contribution in [-0.4, -0.2) is 30.8 Å². The summed E-state index contributed by atoms with van der Waals surface area (Å²) in [6, 6.07) is 11.5. The lowest BCUT2D eigenvalue weighted by Gasteiger charge is -2.32. The molecule has 1 fully saturated rings. The largest absolute Gasteiger partial charge is 0.380 e. The summed E-state index contributed by atoms with van der Waals surface area (Å²) in [5.41, 5.74) is 2.36. The maximum absolute atomic E-state index is 9.17. The highest BCUT2D eigenvalue weighted by Gasteiger charge is 2.17. The Morgan fingerprint density at radius 1 is 1.42 bits per heavy atom. The van der Waals surface area contributed by atoms with Crippen molar-refractivity contribution in [3.63, 3.8) is 0 Å². The molecule has 5 nitrogen and oxygen atoms in total. The van der Waals surface area contributed by atoms with Crippen molar-refractivity contribution in [3.05, 3.63) is 52.7 Å². The lowest BCUT2D eigenvalue weighted by atomic mass is 10.2. The minimum absolute atomic E-state index is 0.233. The first-order valence-corrected chi connectivity index (χ1v) is 8.28. The maximum atomic E-state index is 9.17. The van der Waals surface area contributed by atoms with Crippen LogP contribution in [0.2, 0.25) is 5.02 Å². The molecule has 1 aliphatic rings. The van der Waals surface area contributed by atoms with E-state index in [0.717, 1.165) is 36.8 Å². The Hall–Kier alpha value is -2.29. The number of aromatic nitrogens is 1. The van der Waals surface area contributed by atoms with E-state index in [1.165, 1.54) is 0 Å². The van der Waals surface area contributed by atoms with Crippen molar-refractivity contribution in [2.75, 3.05) is 29.9 Å². The summed E-state index contributed by atoms with van der Waals surface area (Å²) in [6.07, 6.45) is 2.10. The molecule has 1 N–H and O–H groups in total. The molecule has 1 aromatic heterocycles. The molecule has 3 rings (SSSR count). The summed E-state index contributed by atoms with van der Waals surface area (Å²) in [6.45, 7) is 5.14. The van der Waals surface area contributed by atoms with Gasteiger partial charge in [-0.2, -0.15) is 5.26 Å². The second-order valence-corrected chi connectivity index (χ2v) is 6.24. The van der Waals surface area contributed by atoms with Crippen LogP contribution < -0.4 is 10.2 Å². The summed E-state index contributed by atoms with van der Waals surface area (Å²) in [4.78, 5) is 6.78. The van der Waals surface area contributed by atoms with Crippen molar-refractivity contribution >= 4 is 23.1 Å². The van der Waals surface area contributed by atoms with Gasteiger partial charge in [-0.25, -0.2) is 4.98 Å². The molecule has 0 amide bonds. The van der Waals surface area contributed by atoms with Crippen LogP contribution in [0, 0.1) is 11.3 Å². The topological polar surface area (TPSA) is 61.2 Å². The van der Waals surface area contributed by atoms with E-state index in [4.69, 9.17) is 21.6 Å². The van der Waals surface area contributed by atoms with Crippen LogP contribution in [-0.2, 0) is 11.3 Å². The maximum Gasteiger partial charge on any atom is 0.128 e. The number of anilines is 2. The van der Waals surface area contributed by atoms with Gasteiger partial charge in [-0.3, -0.25) is 0 Å². The van der Waals surface area contributed by atoms with Gasteiger partial charge in [0.2, 0.25) is 0 Å². The normalized spacial score (nSPS) is 17.4. The van der Waals surface area contributed by atoms with Gasteiger partial charge < -0.3 is 15.0 Å². The molecule has 1 saturated heterocycles. The van der Waals surface area contributed by atoms with Crippen molar-refractivity contribution in [2.45, 2.75) is 19.6 Å². The molecular weight excluding hydrogens is 324 g/mol. The van der Waals surface area contributed by atoms with E-state index in [9.17, 15) is 0 Å². The summed E-state index contributed by atoms with van der Waals surface area (Å²) in [5, 5.41) is 13.0. The number of morpholine rings is 1. The fraction of sp³-hybridized carbons (Fsp3) is 0.333. The van der Waals surface area contributed by atoms with Gasteiger partial charge in [0.05, 0.1) is 24.0 Å². The second-order valence-electron chi connectivity index (χ2n) is 5.81. The van der Waals surface area contributed by atoms with Crippen LogP contribution in [0.15, 0.2) is 36.5 Å². The Balaban J connectivity index is 1.64. The van der Waals surface area contributed by atoms with Crippen molar-refractivity contribution in [2.24, 2.45) is 0 Å². The number of nitrogens with one attached hydrogen (secondary N) is 1. The molecule has 0 saturated carbocycles. The third kappa shape index (κ3) is 3.97. The third-order valence-electron chi connectivity index (χ3n) is 3.96. The quantitative estimate of drug-likeness (QED) is 0.922. The summed E-state index contributed by atoms with van der Waals surface area (Å²) in [5.74, 6) is 0.970. The minimum atomic E-state index is 0.233. The van der Waals surface area contributed by atoms with Crippen molar-refractivity contribution < 1.29 is 4.74 Å². The number of ether oxygens (including phenoxy) is 1. The highest BCUT2D eigenvalue weighted by molar-refractivity contribution is 6.30. The third-order valence-corrected chi connectivity index (χ3v) is 4.19. The van der Waals surface area contributed by atoms with Crippen molar-refractivity contribution in [1.29, 1.82) is 5.26 Å². The Morgan fingerprint density at radius 3 is 3.00 bits per heavy atom. The van der Waals surface area contributed by atoms with Crippen LogP contribution in [0.3, 0.4) is 0 Å². The van der Waals surface area contributed by atoms with E-state index in [-0.39, 0.29) is 6.10 Å². The lowest BCUT2D eigenvalue weighted by molar-refractivity contribution is 0.0529. The fourth-order valence-corrected chi connectivity index (χ4v) is 2.87. The summed E-state index contributed by atoms with van der Waals surface area (Å²) >= 11 is 5.91. The van der Waals surface area contributed by atoms with Gasteiger partial charge in [0, 0.05) is 30.9 Å². The highest BCUT2D eigenvalue weighted by Crippen LogP contribution is 2.21. The average molecular weight is 343 g/mol. The fourth-order valence-electron chi connectivity index (χ4n) is 2.70. The summed E-state index contributed by atoms with van der Waals surface area (Å²) in [7, 11) is 0. The van der Waals surface area contributed by atoms with E-state index < -0.39 is 0 Å². The smallest absolute Gasteiger partial charge is 0.128 e. The van der Waals surface area contributed by atoms with Gasteiger partial charge in [0.25, 0.3) is 0 Å². The predicted molar refractivity (Wildman–Crippen MR) is 95.4 cm³/mol. The minimum Gasteiger partial charge on any atom is -0.380 e. The Labute approximate surface area is 146 Å².